The lowest BCUT2D eigenvalue weighted by Gasteiger charge is -1.99. The van der Waals surface area contributed by atoms with Crippen LogP contribution in [-0.2, 0) is 4.79 Å². The van der Waals surface area contributed by atoms with Crippen LogP contribution < -0.4 is 0 Å². The van der Waals surface area contributed by atoms with Crippen LogP contribution in [0.4, 0.5) is 0 Å². The van der Waals surface area contributed by atoms with Crippen molar-refractivity contribution in [2.45, 2.75) is 39.5 Å². The number of aldehydes is 1. The monoisotopic (exact) mass is 218 g/mol. The van der Waals surface area contributed by atoms with Crippen molar-refractivity contribution < 1.29 is 4.79 Å². The number of carbonyl (C=O) groups is 1. The highest BCUT2D eigenvalue weighted by Crippen LogP contribution is 2.10. The summed E-state index contributed by atoms with van der Waals surface area (Å²) >= 11 is 0. The SMILES string of the molecule is C=CC(=C)CC/C=C(/C)CC/C=C(/C)C=O. The van der Waals surface area contributed by atoms with E-state index in [1.807, 2.05) is 13.0 Å². The van der Waals surface area contributed by atoms with Crippen molar-refractivity contribution in [2.24, 2.45) is 0 Å². The van der Waals surface area contributed by atoms with Gasteiger partial charge < -0.3 is 0 Å². The van der Waals surface area contributed by atoms with Crippen LogP contribution in [0.15, 0.2) is 48.1 Å². The fourth-order valence-electron chi connectivity index (χ4n) is 1.28. The number of hydrogen-bond donors (Lipinski definition) is 0. The Bertz CT molecular complexity index is 305. The average Bonchev–Trinajstić information content (AvgIpc) is 2.28. The van der Waals surface area contributed by atoms with Gasteiger partial charge in [-0.3, -0.25) is 4.79 Å². The fraction of sp³-hybridized carbons (Fsp3) is 0.400. The van der Waals surface area contributed by atoms with Crippen LogP contribution in [0.1, 0.15) is 39.5 Å². The summed E-state index contributed by atoms with van der Waals surface area (Å²) in [6.07, 6.45) is 10.9. The van der Waals surface area contributed by atoms with E-state index < -0.39 is 0 Å². The van der Waals surface area contributed by atoms with E-state index in [-0.39, 0.29) is 0 Å². The van der Waals surface area contributed by atoms with Gasteiger partial charge in [-0.2, -0.15) is 0 Å². The Hall–Kier alpha value is -1.37. The third-order valence-electron chi connectivity index (χ3n) is 2.44. The second-order valence-corrected chi connectivity index (χ2v) is 4.06. The van der Waals surface area contributed by atoms with Crippen molar-refractivity contribution in [3.05, 3.63) is 48.1 Å². The van der Waals surface area contributed by atoms with Crippen molar-refractivity contribution in [2.75, 3.05) is 0 Å². The molecule has 0 N–H and O–H groups in total. The van der Waals surface area contributed by atoms with E-state index in [1.165, 1.54) is 5.57 Å². The van der Waals surface area contributed by atoms with Crippen LogP contribution in [0, 0.1) is 0 Å². The summed E-state index contributed by atoms with van der Waals surface area (Å²) in [5.41, 5.74) is 3.26. The van der Waals surface area contributed by atoms with Crippen LogP contribution in [0.2, 0.25) is 0 Å². The number of hydrogen-bond acceptors (Lipinski definition) is 1. The molecule has 0 aliphatic carbocycles. The summed E-state index contributed by atoms with van der Waals surface area (Å²) in [7, 11) is 0. The smallest absolute Gasteiger partial charge is 0.145 e. The molecular formula is C15H22O. The Morgan fingerprint density at radius 1 is 1.12 bits per heavy atom. The van der Waals surface area contributed by atoms with Crippen molar-refractivity contribution in [3.8, 4) is 0 Å². The molecule has 1 nitrogen and oxygen atoms in total. The Balaban J connectivity index is 3.83. The first-order valence-corrected chi connectivity index (χ1v) is 5.68. The molecule has 0 aromatic heterocycles. The van der Waals surface area contributed by atoms with Crippen LogP contribution in [-0.4, -0.2) is 6.29 Å². The molecule has 0 saturated carbocycles. The molecule has 88 valence electrons. The minimum Gasteiger partial charge on any atom is -0.298 e. The first kappa shape index (κ1) is 14.6. The molecule has 0 radical (unpaired) electrons. The topological polar surface area (TPSA) is 17.1 Å². The molecule has 16 heavy (non-hydrogen) atoms. The molecule has 0 aromatic carbocycles. The van der Waals surface area contributed by atoms with Crippen LogP contribution in [0.3, 0.4) is 0 Å². The predicted octanol–water partition coefficient (Wildman–Crippen LogP) is 4.38. The molecule has 0 amide bonds. The zero-order chi connectivity index (χ0) is 12.4. The molecule has 0 unspecified atom stereocenters. The standard InChI is InChI=1S/C15H22O/c1-5-13(2)8-6-9-14(3)10-7-11-15(4)12-16/h5,9,11-12H,1-2,6-8,10H2,3-4H3/b14-9-,15-11-. The summed E-state index contributed by atoms with van der Waals surface area (Å²) in [5.74, 6) is 0. The minimum atomic E-state index is 0.813. The third kappa shape index (κ3) is 7.98. The molecule has 0 aliphatic heterocycles. The van der Waals surface area contributed by atoms with Gasteiger partial charge in [0.05, 0.1) is 0 Å². The first-order valence-electron chi connectivity index (χ1n) is 5.68. The van der Waals surface area contributed by atoms with Crippen molar-refractivity contribution >= 4 is 6.29 Å². The van der Waals surface area contributed by atoms with Gasteiger partial charge in [-0.05, 0) is 45.1 Å². The number of allylic oxidation sites excluding steroid dienone is 6. The zero-order valence-electron chi connectivity index (χ0n) is 10.5. The van der Waals surface area contributed by atoms with E-state index in [0.29, 0.717) is 0 Å². The summed E-state index contributed by atoms with van der Waals surface area (Å²) < 4.78 is 0. The van der Waals surface area contributed by atoms with E-state index in [4.69, 9.17) is 0 Å². The quantitative estimate of drug-likeness (QED) is 0.256. The Kier molecular flexibility index (Phi) is 8.14. The normalized spacial score (nSPS) is 12.4. The largest absolute Gasteiger partial charge is 0.298 e. The Morgan fingerprint density at radius 2 is 1.75 bits per heavy atom. The lowest BCUT2D eigenvalue weighted by Crippen LogP contribution is -1.81. The van der Waals surface area contributed by atoms with Crippen LogP contribution in [0.25, 0.3) is 0 Å². The van der Waals surface area contributed by atoms with Crippen molar-refractivity contribution in [1.82, 2.24) is 0 Å². The molecule has 0 bridgehead atoms. The molecule has 0 rings (SSSR count). The second-order valence-electron chi connectivity index (χ2n) is 4.06. The van der Waals surface area contributed by atoms with Gasteiger partial charge in [0.1, 0.15) is 6.29 Å². The minimum absolute atomic E-state index is 0.813. The number of rotatable bonds is 8. The molecule has 0 saturated heterocycles. The van der Waals surface area contributed by atoms with Crippen molar-refractivity contribution in [1.29, 1.82) is 0 Å². The van der Waals surface area contributed by atoms with Gasteiger partial charge in [0.2, 0.25) is 0 Å². The Morgan fingerprint density at radius 3 is 2.31 bits per heavy atom. The van der Waals surface area contributed by atoms with Gasteiger partial charge in [-0.25, -0.2) is 0 Å². The van der Waals surface area contributed by atoms with Gasteiger partial charge in [0.25, 0.3) is 0 Å². The highest BCUT2D eigenvalue weighted by molar-refractivity contribution is 5.71. The summed E-state index contributed by atoms with van der Waals surface area (Å²) in [4.78, 5) is 10.4. The third-order valence-corrected chi connectivity index (χ3v) is 2.44. The van der Waals surface area contributed by atoms with Crippen LogP contribution in [0.5, 0.6) is 0 Å². The predicted molar refractivity (Wildman–Crippen MR) is 71.4 cm³/mol. The van der Waals surface area contributed by atoms with E-state index in [1.54, 1.807) is 6.08 Å². The molecule has 0 heterocycles. The molecule has 0 spiro atoms. The summed E-state index contributed by atoms with van der Waals surface area (Å²) in [6.45, 7) is 11.5. The first-order chi connectivity index (χ1) is 7.60. The maximum Gasteiger partial charge on any atom is 0.145 e. The van der Waals surface area contributed by atoms with E-state index in [9.17, 15) is 4.79 Å². The van der Waals surface area contributed by atoms with Crippen molar-refractivity contribution in [3.63, 3.8) is 0 Å². The fourth-order valence-corrected chi connectivity index (χ4v) is 1.28. The van der Waals surface area contributed by atoms with Gasteiger partial charge in [-0.1, -0.05) is 42.5 Å². The van der Waals surface area contributed by atoms with Gasteiger partial charge >= 0.3 is 0 Å². The lowest BCUT2D eigenvalue weighted by molar-refractivity contribution is -0.104. The molecule has 0 fully saturated rings. The maximum absolute atomic E-state index is 10.4. The number of carbonyl (C=O) groups excluding carboxylic acids is 1. The average molecular weight is 218 g/mol. The van der Waals surface area contributed by atoms with E-state index in [2.05, 4.69) is 26.2 Å². The molecule has 0 aromatic rings. The Labute approximate surface area is 99.3 Å². The maximum atomic E-state index is 10.4. The van der Waals surface area contributed by atoms with E-state index >= 15 is 0 Å². The van der Waals surface area contributed by atoms with Gasteiger partial charge in [-0.15, -0.1) is 0 Å². The molecule has 0 atom stereocenters. The summed E-state index contributed by atoms with van der Waals surface area (Å²) in [6, 6.07) is 0. The molecule has 1 heteroatoms. The summed E-state index contributed by atoms with van der Waals surface area (Å²) in [5, 5.41) is 0. The highest BCUT2D eigenvalue weighted by Gasteiger charge is 1.91. The van der Waals surface area contributed by atoms with Gasteiger partial charge in [0.15, 0.2) is 0 Å². The lowest BCUT2D eigenvalue weighted by atomic mass is 10.1. The molecular weight excluding hydrogens is 196 g/mol. The van der Waals surface area contributed by atoms with Gasteiger partial charge in [0, 0.05) is 0 Å². The van der Waals surface area contributed by atoms with E-state index in [0.717, 1.165) is 43.1 Å². The van der Waals surface area contributed by atoms with Crippen LogP contribution >= 0.6 is 0 Å². The second kappa shape index (κ2) is 8.90. The molecule has 0 aliphatic rings. The highest BCUT2D eigenvalue weighted by atomic mass is 16.1. The zero-order valence-corrected chi connectivity index (χ0v) is 10.5.